The first kappa shape index (κ1) is 16.0. The predicted octanol–water partition coefficient (Wildman–Crippen LogP) is 0.988. The summed E-state index contributed by atoms with van der Waals surface area (Å²) in [6.07, 6.45) is 0.595. The topological polar surface area (TPSA) is 81.4 Å². The molecular formula is C12H19FN2O3S. The van der Waals surface area contributed by atoms with Gasteiger partial charge in [0.2, 0.25) is 10.0 Å². The number of hydrogen-bond donors (Lipinski definition) is 2. The van der Waals surface area contributed by atoms with E-state index in [-0.39, 0.29) is 29.7 Å². The van der Waals surface area contributed by atoms with Gasteiger partial charge in [-0.2, -0.15) is 0 Å². The number of nitrogens with two attached hydrogens (primary N) is 1. The Labute approximate surface area is 113 Å². The Morgan fingerprint density at radius 1 is 1.47 bits per heavy atom. The molecule has 108 valence electrons. The summed E-state index contributed by atoms with van der Waals surface area (Å²) in [5.74, 6) is -0.509. The molecule has 1 aromatic carbocycles. The first-order valence-corrected chi connectivity index (χ1v) is 7.42. The summed E-state index contributed by atoms with van der Waals surface area (Å²) in [4.78, 5) is 0.00361. The molecule has 5 nitrogen and oxygen atoms in total. The summed E-state index contributed by atoms with van der Waals surface area (Å²) in [7, 11) is -2.19. The van der Waals surface area contributed by atoms with Gasteiger partial charge in [-0.25, -0.2) is 17.5 Å². The molecule has 0 aliphatic carbocycles. The van der Waals surface area contributed by atoms with Crippen LogP contribution in [0.3, 0.4) is 0 Å². The summed E-state index contributed by atoms with van der Waals surface area (Å²) in [5, 5.41) is 0. The van der Waals surface area contributed by atoms with Crippen molar-refractivity contribution in [2.24, 2.45) is 5.73 Å². The maximum absolute atomic E-state index is 13.3. The van der Waals surface area contributed by atoms with Crippen LogP contribution in [0, 0.1) is 5.82 Å². The molecule has 19 heavy (non-hydrogen) atoms. The SMILES string of the molecule is CCC(COC)NS(=O)(=O)c1ccc(F)c(CN)c1. The van der Waals surface area contributed by atoms with Crippen LogP contribution in [0.15, 0.2) is 23.1 Å². The van der Waals surface area contributed by atoms with Crippen LogP contribution in [-0.4, -0.2) is 28.2 Å². The van der Waals surface area contributed by atoms with Crippen molar-refractivity contribution in [1.82, 2.24) is 4.72 Å². The summed E-state index contributed by atoms with van der Waals surface area (Å²) in [5.41, 5.74) is 5.53. The number of methoxy groups -OCH3 is 1. The van der Waals surface area contributed by atoms with E-state index in [1.54, 1.807) is 0 Å². The highest BCUT2D eigenvalue weighted by Crippen LogP contribution is 2.15. The van der Waals surface area contributed by atoms with Crippen molar-refractivity contribution in [3.8, 4) is 0 Å². The second-order valence-electron chi connectivity index (χ2n) is 4.14. The van der Waals surface area contributed by atoms with E-state index in [2.05, 4.69) is 4.72 Å². The van der Waals surface area contributed by atoms with E-state index in [1.807, 2.05) is 6.92 Å². The van der Waals surface area contributed by atoms with Crippen molar-refractivity contribution < 1.29 is 17.5 Å². The van der Waals surface area contributed by atoms with Gasteiger partial charge < -0.3 is 10.5 Å². The fourth-order valence-electron chi connectivity index (χ4n) is 1.60. The Hall–Kier alpha value is -1.02. The number of hydrogen-bond acceptors (Lipinski definition) is 4. The first-order chi connectivity index (χ1) is 8.94. The number of rotatable bonds is 7. The lowest BCUT2D eigenvalue weighted by atomic mass is 10.2. The summed E-state index contributed by atoms with van der Waals surface area (Å²) in [6.45, 7) is 2.08. The molecule has 7 heteroatoms. The van der Waals surface area contributed by atoms with Gasteiger partial charge in [0, 0.05) is 25.3 Å². The summed E-state index contributed by atoms with van der Waals surface area (Å²) < 4.78 is 45.0. The second-order valence-corrected chi connectivity index (χ2v) is 5.85. The van der Waals surface area contributed by atoms with Gasteiger partial charge in [-0.05, 0) is 24.6 Å². The number of nitrogens with one attached hydrogen (secondary N) is 1. The standard InChI is InChI=1S/C12H19FN2O3S/c1-3-10(8-18-2)15-19(16,17)11-4-5-12(13)9(6-11)7-14/h4-6,10,15H,3,7-8,14H2,1-2H3. The Bertz CT molecular complexity index is 520. The van der Waals surface area contributed by atoms with Gasteiger partial charge in [0.25, 0.3) is 0 Å². The third-order valence-corrected chi connectivity index (χ3v) is 4.25. The molecule has 0 radical (unpaired) electrons. The van der Waals surface area contributed by atoms with Crippen molar-refractivity contribution in [3.63, 3.8) is 0 Å². The number of ether oxygens (including phenoxy) is 1. The Balaban J connectivity index is 2.99. The van der Waals surface area contributed by atoms with Crippen LogP contribution in [-0.2, 0) is 21.3 Å². The van der Waals surface area contributed by atoms with E-state index >= 15 is 0 Å². The molecular weight excluding hydrogens is 271 g/mol. The van der Waals surface area contributed by atoms with Crippen LogP contribution in [0.1, 0.15) is 18.9 Å². The van der Waals surface area contributed by atoms with Gasteiger partial charge in [0.15, 0.2) is 0 Å². The van der Waals surface area contributed by atoms with E-state index in [0.29, 0.717) is 6.42 Å². The van der Waals surface area contributed by atoms with Gasteiger partial charge in [-0.3, -0.25) is 0 Å². The fourth-order valence-corrected chi connectivity index (χ4v) is 2.95. The van der Waals surface area contributed by atoms with Gasteiger partial charge in [-0.1, -0.05) is 6.92 Å². The third kappa shape index (κ3) is 4.24. The molecule has 1 unspecified atom stereocenters. The van der Waals surface area contributed by atoms with Crippen molar-refractivity contribution in [2.45, 2.75) is 30.8 Å². The van der Waals surface area contributed by atoms with Crippen molar-refractivity contribution in [1.29, 1.82) is 0 Å². The lowest BCUT2D eigenvalue weighted by molar-refractivity contribution is 0.173. The Morgan fingerprint density at radius 3 is 2.68 bits per heavy atom. The van der Waals surface area contributed by atoms with Crippen LogP contribution < -0.4 is 10.5 Å². The van der Waals surface area contributed by atoms with E-state index in [9.17, 15) is 12.8 Å². The van der Waals surface area contributed by atoms with Crippen molar-refractivity contribution in [3.05, 3.63) is 29.6 Å². The largest absolute Gasteiger partial charge is 0.383 e. The normalized spacial score (nSPS) is 13.5. The number of halogens is 1. The number of sulfonamides is 1. The molecule has 3 N–H and O–H groups in total. The Morgan fingerprint density at radius 2 is 2.16 bits per heavy atom. The summed E-state index contributed by atoms with van der Waals surface area (Å²) >= 11 is 0. The van der Waals surface area contributed by atoms with Crippen molar-refractivity contribution in [2.75, 3.05) is 13.7 Å². The van der Waals surface area contributed by atoms with Crippen LogP contribution in [0.4, 0.5) is 4.39 Å². The molecule has 1 aromatic rings. The molecule has 0 amide bonds. The Kier molecular flexibility index (Phi) is 5.86. The van der Waals surface area contributed by atoms with E-state index < -0.39 is 15.8 Å². The quantitative estimate of drug-likeness (QED) is 0.784. The van der Waals surface area contributed by atoms with Crippen LogP contribution >= 0.6 is 0 Å². The van der Waals surface area contributed by atoms with Crippen molar-refractivity contribution >= 4 is 10.0 Å². The molecule has 0 aromatic heterocycles. The highest BCUT2D eigenvalue weighted by molar-refractivity contribution is 7.89. The van der Waals surface area contributed by atoms with E-state index in [0.717, 1.165) is 6.07 Å². The smallest absolute Gasteiger partial charge is 0.240 e. The van der Waals surface area contributed by atoms with E-state index in [1.165, 1.54) is 19.2 Å². The van der Waals surface area contributed by atoms with Crippen LogP contribution in [0.5, 0.6) is 0 Å². The zero-order chi connectivity index (χ0) is 14.5. The maximum Gasteiger partial charge on any atom is 0.240 e. The highest BCUT2D eigenvalue weighted by atomic mass is 32.2. The maximum atomic E-state index is 13.3. The molecule has 0 spiro atoms. The first-order valence-electron chi connectivity index (χ1n) is 5.94. The fraction of sp³-hybridized carbons (Fsp3) is 0.500. The highest BCUT2D eigenvalue weighted by Gasteiger charge is 2.20. The van der Waals surface area contributed by atoms with Crippen LogP contribution in [0.2, 0.25) is 0 Å². The lowest BCUT2D eigenvalue weighted by Crippen LogP contribution is -2.37. The van der Waals surface area contributed by atoms with Crippen LogP contribution in [0.25, 0.3) is 0 Å². The average molecular weight is 290 g/mol. The molecule has 0 aliphatic rings. The second kappa shape index (κ2) is 6.95. The zero-order valence-electron chi connectivity index (χ0n) is 11.0. The molecule has 0 saturated carbocycles. The molecule has 1 rings (SSSR count). The summed E-state index contributed by atoms with van der Waals surface area (Å²) in [6, 6.07) is 3.25. The molecule has 0 aliphatic heterocycles. The van der Waals surface area contributed by atoms with Gasteiger partial charge in [0.05, 0.1) is 11.5 Å². The van der Waals surface area contributed by atoms with E-state index in [4.69, 9.17) is 10.5 Å². The van der Waals surface area contributed by atoms with Gasteiger partial charge in [0.1, 0.15) is 5.82 Å². The minimum Gasteiger partial charge on any atom is -0.383 e. The lowest BCUT2D eigenvalue weighted by Gasteiger charge is -2.16. The third-order valence-electron chi connectivity index (χ3n) is 2.73. The minimum atomic E-state index is -3.70. The average Bonchev–Trinajstić information content (AvgIpc) is 2.38. The minimum absolute atomic E-state index is 0.00361. The molecule has 0 fully saturated rings. The molecule has 1 atom stereocenters. The predicted molar refractivity (Wildman–Crippen MR) is 70.6 cm³/mol. The molecule has 0 heterocycles. The number of benzene rings is 1. The molecule has 0 saturated heterocycles. The monoisotopic (exact) mass is 290 g/mol. The van der Waals surface area contributed by atoms with Gasteiger partial charge in [-0.15, -0.1) is 0 Å². The zero-order valence-corrected chi connectivity index (χ0v) is 11.8. The van der Waals surface area contributed by atoms with Gasteiger partial charge >= 0.3 is 0 Å². The molecule has 0 bridgehead atoms.